The molecule has 0 saturated carbocycles. The van der Waals surface area contributed by atoms with Gasteiger partial charge in [-0.25, -0.2) is 19.6 Å². The van der Waals surface area contributed by atoms with Gasteiger partial charge < -0.3 is 10.6 Å². The Kier molecular flexibility index (Phi) is 5.14. The fraction of sp³-hybridized carbons (Fsp3) is 0.375. The van der Waals surface area contributed by atoms with Crippen molar-refractivity contribution in [3.8, 4) is 5.82 Å². The summed E-state index contributed by atoms with van der Waals surface area (Å²) in [5, 5.41) is 9.66. The second-order valence-electron chi connectivity index (χ2n) is 9.17. The van der Waals surface area contributed by atoms with Crippen LogP contribution in [0.15, 0.2) is 59.1 Å². The van der Waals surface area contributed by atoms with Gasteiger partial charge in [0, 0.05) is 60.3 Å². The van der Waals surface area contributed by atoms with Crippen LogP contribution in [0.1, 0.15) is 35.8 Å². The van der Waals surface area contributed by atoms with Crippen molar-refractivity contribution < 1.29 is 0 Å². The minimum Gasteiger partial charge on any atom is -0.355 e. The molecular weight excluding hydrogens is 446 g/mol. The number of fused-ring (bicyclic) bond motifs is 1. The molecule has 1 fully saturated rings. The van der Waals surface area contributed by atoms with Crippen molar-refractivity contribution >= 4 is 17.6 Å². The molecule has 0 unspecified atom stereocenters. The van der Waals surface area contributed by atoms with Gasteiger partial charge in [0.15, 0.2) is 5.82 Å². The predicted octanol–water partition coefficient (Wildman–Crippen LogP) is 3.32. The summed E-state index contributed by atoms with van der Waals surface area (Å²) in [6.07, 6.45) is 11.3. The topological polar surface area (TPSA) is 104 Å². The molecule has 6 heterocycles. The van der Waals surface area contributed by atoms with Gasteiger partial charge in [-0.1, -0.05) is 11.8 Å². The number of hydrogen-bond donors (Lipinski definition) is 1. The first-order chi connectivity index (χ1) is 16.5. The molecule has 174 valence electrons. The summed E-state index contributed by atoms with van der Waals surface area (Å²) in [4.78, 5) is 17.6. The van der Waals surface area contributed by atoms with Gasteiger partial charge in [0.25, 0.3) is 0 Å². The predicted molar refractivity (Wildman–Crippen MR) is 130 cm³/mol. The summed E-state index contributed by atoms with van der Waals surface area (Å²) in [6.45, 7) is 6.86. The lowest BCUT2D eigenvalue weighted by Crippen LogP contribution is -2.45. The number of anilines is 1. The summed E-state index contributed by atoms with van der Waals surface area (Å²) < 4.78 is 3.86. The Morgan fingerprint density at radius 1 is 1.06 bits per heavy atom. The fourth-order valence-corrected chi connectivity index (χ4v) is 6.04. The van der Waals surface area contributed by atoms with Crippen LogP contribution in [0.4, 0.5) is 5.82 Å². The Morgan fingerprint density at radius 3 is 2.65 bits per heavy atom. The molecule has 6 rings (SSSR count). The first-order valence-electron chi connectivity index (χ1n) is 11.5. The minimum absolute atomic E-state index is 0.0546. The van der Waals surface area contributed by atoms with Crippen molar-refractivity contribution in [1.29, 1.82) is 0 Å². The van der Waals surface area contributed by atoms with Crippen LogP contribution in [-0.2, 0) is 6.54 Å². The van der Waals surface area contributed by atoms with E-state index in [2.05, 4.69) is 37.8 Å². The molecule has 1 atom stereocenters. The quantitative estimate of drug-likeness (QED) is 0.481. The number of pyridine rings is 1. The number of aryl methyl sites for hydroxylation is 1. The number of nitrogens with two attached hydrogens (primary N) is 1. The average molecular weight is 474 g/mol. The molecule has 9 nitrogen and oxygen atoms in total. The maximum absolute atomic E-state index is 6.64. The Morgan fingerprint density at radius 2 is 1.91 bits per heavy atom. The molecule has 1 saturated heterocycles. The van der Waals surface area contributed by atoms with Crippen LogP contribution < -0.4 is 10.6 Å². The second kappa shape index (κ2) is 8.21. The highest BCUT2D eigenvalue weighted by Gasteiger charge is 2.47. The Bertz CT molecular complexity index is 1320. The summed E-state index contributed by atoms with van der Waals surface area (Å²) >= 11 is 1.62. The molecule has 2 N–H and O–H groups in total. The highest BCUT2D eigenvalue weighted by molar-refractivity contribution is 7.99. The second-order valence-corrected chi connectivity index (χ2v) is 10.2. The van der Waals surface area contributed by atoms with Crippen LogP contribution in [-0.4, -0.2) is 47.6 Å². The molecule has 4 aromatic rings. The van der Waals surface area contributed by atoms with E-state index >= 15 is 0 Å². The van der Waals surface area contributed by atoms with E-state index in [-0.39, 0.29) is 11.5 Å². The van der Waals surface area contributed by atoms with E-state index in [9.17, 15) is 0 Å². The SMILES string of the molecule is Cc1nc(N2CCC3(CC2)Cn2nccc2[C@H]3N)cnc1Sc1ccnc(-n2cccn2)c1C. The van der Waals surface area contributed by atoms with Crippen LogP contribution in [0, 0.1) is 19.3 Å². The van der Waals surface area contributed by atoms with E-state index in [0.717, 1.165) is 71.0 Å². The normalized spacial score (nSPS) is 19.0. The lowest BCUT2D eigenvalue weighted by molar-refractivity contribution is 0.170. The van der Waals surface area contributed by atoms with Crippen LogP contribution in [0.3, 0.4) is 0 Å². The van der Waals surface area contributed by atoms with Gasteiger partial charge >= 0.3 is 0 Å². The zero-order valence-corrected chi connectivity index (χ0v) is 20.1. The molecule has 0 amide bonds. The van der Waals surface area contributed by atoms with Crippen molar-refractivity contribution in [3.63, 3.8) is 0 Å². The smallest absolute Gasteiger partial charge is 0.157 e. The molecule has 10 heteroatoms. The number of piperidine rings is 1. The van der Waals surface area contributed by atoms with Gasteiger partial charge in [-0.3, -0.25) is 4.68 Å². The molecule has 2 aliphatic heterocycles. The van der Waals surface area contributed by atoms with Gasteiger partial charge in [-0.05, 0) is 44.9 Å². The number of aromatic nitrogens is 7. The van der Waals surface area contributed by atoms with Crippen molar-refractivity contribution in [3.05, 3.63) is 66.1 Å². The number of rotatable bonds is 4. The first kappa shape index (κ1) is 21.3. The van der Waals surface area contributed by atoms with Gasteiger partial charge in [0.05, 0.1) is 23.6 Å². The van der Waals surface area contributed by atoms with E-state index in [1.54, 1.807) is 22.6 Å². The molecule has 4 aromatic heterocycles. The molecule has 2 aliphatic rings. The maximum atomic E-state index is 6.64. The lowest BCUT2D eigenvalue weighted by atomic mass is 9.73. The van der Waals surface area contributed by atoms with E-state index in [0.29, 0.717) is 0 Å². The molecule has 1 spiro atoms. The summed E-state index contributed by atoms with van der Waals surface area (Å²) in [5.41, 5.74) is 9.89. The fourth-order valence-electron chi connectivity index (χ4n) is 5.16. The standard InChI is InChI=1S/C24H27N9S/c1-16-19(5-9-26-22(16)32-11-3-8-28-32)34-23-17(2)30-20(14-27-23)31-12-6-24(7-13-31)15-33-18(21(24)25)4-10-29-33/h3-5,8-11,14,21H,6-7,12-13,15,25H2,1-2H3/t21-/m1/s1. The van der Waals surface area contributed by atoms with Crippen molar-refractivity contribution in [1.82, 2.24) is 34.5 Å². The zero-order valence-electron chi connectivity index (χ0n) is 19.3. The molecule has 0 bridgehead atoms. The Labute approximate surface area is 202 Å². The highest BCUT2D eigenvalue weighted by atomic mass is 32.2. The van der Waals surface area contributed by atoms with Crippen molar-refractivity contribution in [2.45, 2.75) is 49.2 Å². The molecular formula is C24H27N9S. The average Bonchev–Trinajstić information content (AvgIpc) is 3.58. The molecule has 0 aliphatic carbocycles. The van der Waals surface area contributed by atoms with E-state index < -0.39 is 0 Å². The first-order valence-corrected chi connectivity index (χ1v) is 12.4. The zero-order chi connectivity index (χ0) is 23.3. The summed E-state index contributed by atoms with van der Waals surface area (Å²) in [7, 11) is 0. The number of nitrogens with zero attached hydrogens (tertiary/aromatic N) is 8. The van der Waals surface area contributed by atoms with Crippen LogP contribution in [0.2, 0.25) is 0 Å². The Hall–Kier alpha value is -3.24. The maximum Gasteiger partial charge on any atom is 0.157 e. The molecule has 34 heavy (non-hydrogen) atoms. The summed E-state index contributed by atoms with van der Waals surface area (Å²) in [6, 6.07) is 6.02. The highest BCUT2D eigenvalue weighted by Crippen LogP contribution is 2.48. The third-order valence-corrected chi connectivity index (χ3v) is 8.48. The largest absolute Gasteiger partial charge is 0.355 e. The van der Waals surface area contributed by atoms with Crippen LogP contribution in [0.25, 0.3) is 5.82 Å². The van der Waals surface area contributed by atoms with Gasteiger partial charge in [-0.2, -0.15) is 10.2 Å². The number of hydrogen-bond acceptors (Lipinski definition) is 8. The van der Waals surface area contributed by atoms with Crippen LogP contribution in [0.5, 0.6) is 0 Å². The minimum atomic E-state index is 0.0546. The summed E-state index contributed by atoms with van der Waals surface area (Å²) in [5.74, 6) is 1.76. The van der Waals surface area contributed by atoms with Gasteiger partial charge in [0.1, 0.15) is 10.8 Å². The Balaban J connectivity index is 1.17. The van der Waals surface area contributed by atoms with Gasteiger partial charge in [0.2, 0.25) is 0 Å². The molecule has 0 radical (unpaired) electrons. The van der Waals surface area contributed by atoms with Crippen LogP contribution >= 0.6 is 11.8 Å². The van der Waals surface area contributed by atoms with E-state index in [1.165, 1.54) is 0 Å². The third kappa shape index (κ3) is 3.48. The van der Waals surface area contributed by atoms with E-state index in [1.807, 2.05) is 43.8 Å². The lowest BCUT2D eigenvalue weighted by Gasteiger charge is -2.41. The molecule has 0 aromatic carbocycles. The van der Waals surface area contributed by atoms with E-state index in [4.69, 9.17) is 15.7 Å². The van der Waals surface area contributed by atoms with Gasteiger partial charge in [-0.15, -0.1) is 0 Å². The van der Waals surface area contributed by atoms with Crippen molar-refractivity contribution in [2.75, 3.05) is 18.0 Å². The van der Waals surface area contributed by atoms with Crippen molar-refractivity contribution in [2.24, 2.45) is 11.1 Å². The third-order valence-electron chi connectivity index (χ3n) is 7.22. The monoisotopic (exact) mass is 473 g/mol.